The van der Waals surface area contributed by atoms with Gasteiger partial charge in [0.25, 0.3) is 0 Å². The average molecular weight is 240 g/mol. The molecule has 0 atom stereocenters. The Bertz CT molecular complexity index is 220. The summed E-state index contributed by atoms with van der Waals surface area (Å²) in [6.07, 6.45) is 8.31. The molecule has 2 aliphatic rings. The normalized spacial score (nSPS) is 26.3. The number of hydrogen-bond acceptors (Lipinski definition) is 3. The third-order valence-corrected chi connectivity index (χ3v) is 4.38. The lowest BCUT2D eigenvalue weighted by atomic mass is 9.84. The van der Waals surface area contributed by atoms with Gasteiger partial charge in [-0.05, 0) is 51.7 Å². The average Bonchev–Trinajstić information content (AvgIpc) is 2.30. The van der Waals surface area contributed by atoms with E-state index in [4.69, 9.17) is 0 Å². The molecule has 100 valence electrons. The summed E-state index contributed by atoms with van der Waals surface area (Å²) >= 11 is 0. The quantitative estimate of drug-likeness (QED) is 0.784. The molecule has 1 aliphatic carbocycles. The fraction of sp³-hybridized carbons (Fsp3) is 1.00. The van der Waals surface area contributed by atoms with Gasteiger partial charge in [-0.25, -0.2) is 0 Å². The minimum Gasteiger partial charge on any atom is -0.389 e. The van der Waals surface area contributed by atoms with Crippen LogP contribution in [0.4, 0.5) is 0 Å². The predicted molar refractivity (Wildman–Crippen MR) is 71.1 cm³/mol. The molecule has 2 fully saturated rings. The van der Waals surface area contributed by atoms with Gasteiger partial charge in [-0.15, -0.1) is 0 Å². The van der Waals surface area contributed by atoms with E-state index in [1.54, 1.807) is 0 Å². The molecule has 1 heterocycles. The summed E-state index contributed by atoms with van der Waals surface area (Å²) < 4.78 is 0. The third kappa shape index (κ3) is 4.23. The molecule has 1 saturated carbocycles. The second-order valence-electron chi connectivity index (χ2n) is 6.18. The van der Waals surface area contributed by atoms with Crippen molar-refractivity contribution >= 4 is 0 Å². The number of rotatable bonds is 4. The maximum Gasteiger partial charge on any atom is 0.0774 e. The molecule has 17 heavy (non-hydrogen) atoms. The maximum absolute atomic E-state index is 10.5. The molecule has 2 N–H and O–H groups in total. The van der Waals surface area contributed by atoms with Crippen molar-refractivity contribution < 1.29 is 5.11 Å². The second kappa shape index (κ2) is 6.17. The molecule has 0 radical (unpaired) electrons. The van der Waals surface area contributed by atoms with Crippen LogP contribution in [-0.2, 0) is 0 Å². The summed E-state index contributed by atoms with van der Waals surface area (Å²) in [4.78, 5) is 2.36. The largest absolute Gasteiger partial charge is 0.389 e. The van der Waals surface area contributed by atoms with Crippen LogP contribution >= 0.6 is 0 Å². The summed E-state index contributed by atoms with van der Waals surface area (Å²) in [6, 6.07) is 0. The first-order chi connectivity index (χ1) is 8.18. The van der Waals surface area contributed by atoms with Crippen molar-refractivity contribution in [2.24, 2.45) is 5.92 Å². The van der Waals surface area contributed by atoms with Crippen molar-refractivity contribution in [1.82, 2.24) is 10.2 Å². The molecule has 0 spiro atoms. The summed E-state index contributed by atoms with van der Waals surface area (Å²) in [5.74, 6) is 0.827. The molecule has 3 nitrogen and oxygen atoms in total. The van der Waals surface area contributed by atoms with E-state index < -0.39 is 0 Å². The number of piperidine rings is 1. The van der Waals surface area contributed by atoms with E-state index in [1.165, 1.54) is 45.2 Å². The minimum absolute atomic E-state index is 0.389. The van der Waals surface area contributed by atoms with E-state index in [9.17, 15) is 5.11 Å². The zero-order valence-electron chi connectivity index (χ0n) is 11.2. The smallest absolute Gasteiger partial charge is 0.0774 e. The molecule has 0 amide bonds. The summed E-state index contributed by atoms with van der Waals surface area (Å²) in [5, 5.41) is 13.9. The van der Waals surface area contributed by atoms with Crippen molar-refractivity contribution in [3.05, 3.63) is 0 Å². The minimum atomic E-state index is -0.389. The Morgan fingerprint density at radius 1 is 1.18 bits per heavy atom. The van der Waals surface area contributed by atoms with Gasteiger partial charge in [-0.2, -0.15) is 0 Å². The molecule has 0 aromatic heterocycles. The Morgan fingerprint density at radius 3 is 2.47 bits per heavy atom. The van der Waals surface area contributed by atoms with Gasteiger partial charge in [0.1, 0.15) is 0 Å². The van der Waals surface area contributed by atoms with Crippen LogP contribution in [0.3, 0.4) is 0 Å². The van der Waals surface area contributed by atoms with Crippen LogP contribution in [-0.4, -0.2) is 48.8 Å². The van der Waals surface area contributed by atoms with Crippen molar-refractivity contribution in [2.75, 3.05) is 33.2 Å². The first kappa shape index (κ1) is 13.3. The highest BCUT2D eigenvalue weighted by atomic mass is 16.3. The van der Waals surface area contributed by atoms with Crippen LogP contribution < -0.4 is 5.32 Å². The third-order valence-electron chi connectivity index (χ3n) is 4.38. The van der Waals surface area contributed by atoms with Gasteiger partial charge >= 0.3 is 0 Å². The summed E-state index contributed by atoms with van der Waals surface area (Å²) in [6.45, 7) is 4.37. The van der Waals surface area contributed by atoms with Crippen LogP contribution in [0.1, 0.15) is 44.9 Å². The van der Waals surface area contributed by atoms with Crippen molar-refractivity contribution in [1.29, 1.82) is 0 Å². The Labute approximate surface area is 106 Å². The lowest BCUT2D eigenvalue weighted by molar-refractivity contribution is -0.0239. The van der Waals surface area contributed by atoms with Crippen LogP contribution in [0.2, 0.25) is 0 Å². The predicted octanol–water partition coefficient (Wildman–Crippen LogP) is 1.61. The zero-order valence-corrected chi connectivity index (χ0v) is 11.2. The van der Waals surface area contributed by atoms with Gasteiger partial charge in [0.2, 0.25) is 0 Å². The van der Waals surface area contributed by atoms with Crippen LogP contribution in [0.15, 0.2) is 0 Å². The standard InChI is InChI=1S/C14H28N2O/c1-16(11-13-5-9-15-10-6-13)12-14(17)7-3-2-4-8-14/h13,15,17H,2-12H2,1H3. The molecular formula is C14H28N2O. The highest BCUT2D eigenvalue weighted by Gasteiger charge is 2.30. The first-order valence-electron chi connectivity index (χ1n) is 7.30. The van der Waals surface area contributed by atoms with E-state index in [0.717, 1.165) is 31.8 Å². The Kier molecular flexibility index (Phi) is 4.83. The number of nitrogens with one attached hydrogen (secondary N) is 1. The molecule has 1 saturated heterocycles. The van der Waals surface area contributed by atoms with Crippen LogP contribution in [0, 0.1) is 5.92 Å². The lowest BCUT2D eigenvalue weighted by Gasteiger charge is -2.37. The summed E-state index contributed by atoms with van der Waals surface area (Å²) in [5.41, 5.74) is -0.389. The van der Waals surface area contributed by atoms with Gasteiger partial charge < -0.3 is 15.3 Å². The second-order valence-corrected chi connectivity index (χ2v) is 6.18. The highest BCUT2D eigenvalue weighted by Crippen LogP contribution is 2.29. The van der Waals surface area contributed by atoms with Crippen LogP contribution in [0.25, 0.3) is 0 Å². The molecule has 2 rings (SSSR count). The lowest BCUT2D eigenvalue weighted by Crippen LogP contribution is -2.45. The van der Waals surface area contributed by atoms with Gasteiger partial charge in [0.05, 0.1) is 5.60 Å². The van der Waals surface area contributed by atoms with E-state index in [-0.39, 0.29) is 5.60 Å². The number of aliphatic hydroxyl groups is 1. The molecule has 0 unspecified atom stereocenters. The number of nitrogens with zero attached hydrogens (tertiary/aromatic N) is 1. The highest BCUT2D eigenvalue weighted by molar-refractivity contribution is 4.85. The molecule has 0 bridgehead atoms. The Balaban J connectivity index is 1.73. The van der Waals surface area contributed by atoms with E-state index >= 15 is 0 Å². The monoisotopic (exact) mass is 240 g/mol. The Hall–Kier alpha value is -0.120. The Morgan fingerprint density at radius 2 is 1.82 bits per heavy atom. The zero-order chi connectivity index (χ0) is 12.1. The van der Waals surface area contributed by atoms with E-state index in [0.29, 0.717) is 0 Å². The van der Waals surface area contributed by atoms with Gasteiger partial charge in [0.15, 0.2) is 0 Å². The molecule has 3 heteroatoms. The molecule has 1 aliphatic heterocycles. The SMILES string of the molecule is CN(CC1CCNCC1)CC1(O)CCCCC1. The first-order valence-corrected chi connectivity index (χ1v) is 7.30. The fourth-order valence-electron chi connectivity index (χ4n) is 3.44. The topological polar surface area (TPSA) is 35.5 Å². The maximum atomic E-state index is 10.5. The molecule has 0 aromatic rings. The van der Waals surface area contributed by atoms with Crippen molar-refractivity contribution in [3.8, 4) is 0 Å². The van der Waals surface area contributed by atoms with Gasteiger partial charge in [-0.1, -0.05) is 19.3 Å². The van der Waals surface area contributed by atoms with Gasteiger partial charge in [-0.3, -0.25) is 0 Å². The molecule has 0 aromatic carbocycles. The van der Waals surface area contributed by atoms with Crippen LogP contribution in [0.5, 0.6) is 0 Å². The van der Waals surface area contributed by atoms with Crippen molar-refractivity contribution in [2.45, 2.75) is 50.5 Å². The van der Waals surface area contributed by atoms with E-state index in [1.807, 2.05) is 0 Å². The molecular weight excluding hydrogens is 212 g/mol. The van der Waals surface area contributed by atoms with E-state index in [2.05, 4.69) is 17.3 Å². The van der Waals surface area contributed by atoms with Crippen molar-refractivity contribution in [3.63, 3.8) is 0 Å². The van der Waals surface area contributed by atoms with Gasteiger partial charge in [0, 0.05) is 13.1 Å². The summed E-state index contributed by atoms with van der Waals surface area (Å²) in [7, 11) is 2.18. The fourth-order valence-corrected chi connectivity index (χ4v) is 3.44. The number of hydrogen-bond donors (Lipinski definition) is 2. The number of likely N-dealkylation sites (N-methyl/N-ethyl adjacent to an activating group) is 1.